The Bertz CT molecular complexity index is 698. The van der Waals surface area contributed by atoms with Gasteiger partial charge < -0.3 is 4.90 Å². The zero-order chi connectivity index (χ0) is 15.0. The van der Waals surface area contributed by atoms with Gasteiger partial charge in [0.25, 0.3) is 0 Å². The average molecular weight is 302 g/mol. The first kappa shape index (κ1) is 13.9. The summed E-state index contributed by atoms with van der Waals surface area (Å²) in [6, 6.07) is 5.99. The maximum atomic E-state index is 8.87. The Balaban J connectivity index is 1.97. The van der Waals surface area contributed by atoms with E-state index in [9.17, 15) is 0 Å². The number of nitriles is 1. The molecule has 3 rings (SSSR count). The lowest BCUT2D eigenvalue weighted by Gasteiger charge is -2.26. The van der Waals surface area contributed by atoms with Crippen LogP contribution >= 0.6 is 11.6 Å². The molecule has 0 radical (unpaired) electrons. The lowest BCUT2D eigenvalue weighted by molar-refractivity contribution is 0.706. The van der Waals surface area contributed by atoms with Crippen molar-refractivity contribution in [2.24, 2.45) is 7.05 Å². The SMILES string of the molecule is Cc1nn(C)c(Cl)c1C1CCCN1c1ccc(C#N)cn1. The Labute approximate surface area is 128 Å². The number of hydrogen-bond acceptors (Lipinski definition) is 4. The summed E-state index contributed by atoms with van der Waals surface area (Å²) < 4.78 is 1.72. The first-order valence-corrected chi connectivity index (χ1v) is 7.31. The highest BCUT2D eigenvalue weighted by Gasteiger charge is 2.31. The molecule has 1 aliphatic heterocycles. The zero-order valence-electron chi connectivity index (χ0n) is 12.0. The maximum Gasteiger partial charge on any atom is 0.132 e. The van der Waals surface area contributed by atoms with Crippen LogP contribution in [0.2, 0.25) is 5.15 Å². The van der Waals surface area contributed by atoms with Crippen molar-refractivity contribution in [2.75, 3.05) is 11.4 Å². The fourth-order valence-electron chi connectivity index (χ4n) is 2.99. The van der Waals surface area contributed by atoms with E-state index in [1.165, 1.54) is 0 Å². The van der Waals surface area contributed by atoms with Crippen molar-refractivity contribution in [3.63, 3.8) is 0 Å². The van der Waals surface area contributed by atoms with E-state index in [0.717, 1.165) is 36.5 Å². The summed E-state index contributed by atoms with van der Waals surface area (Å²) in [6.07, 6.45) is 3.74. The van der Waals surface area contributed by atoms with E-state index in [-0.39, 0.29) is 6.04 Å². The van der Waals surface area contributed by atoms with Crippen molar-refractivity contribution in [1.82, 2.24) is 14.8 Å². The molecule has 6 heteroatoms. The van der Waals surface area contributed by atoms with Gasteiger partial charge >= 0.3 is 0 Å². The van der Waals surface area contributed by atoms with Crippen LogP contribution < -0.4 is 4.90 Å². The van der Waals surface area contributed by atoms with E-state index in [2.05, 4.69) is 21.1 Å². The molecule has 0 spiro atoms. The first-order chi connectivity index (χ1) is 10.1. The third-order valence-corrected chi connectivity index (χ3v) is 4.40. The minimum atomic E-state index is 0.201. The lowest BCUT2D eigenvalue weighted by atomic mass is 10.1. The highest BCUT2D eigenvalue weighted by atomic mass is 35.5. The van der Waals surface area contributed by atoms with E-state index < -0.39 is 0 Å². The second-order valence-corrected chi connectivity index (χ2v) is 5.64. The summed E-state index contributed by atoms with van der Waals surface area (Å²) in [6.45, 7) is 2.93. The second kappa shape index (κ2) is 5.38. The summed E-state index contributed by atoms with van der Waals surface area (Å²) in [5.41, 5.74) is 2.63. The fourth-order valence-corrected chi connectivity index (χ4v) is 3.29. The smallest absolute Gasteiger partial charge is 0.132 e. The van der Waals surface area contributed by atoms with E-state index in [1.54, 1.807) is 16.9 Å². The van der Waals surface area contributed by atoms with Gasteiger partial charge in [-0.15, -0.1) is 0 Å². The predicted octanol–water partition coefficient (Wildman–Crippen LogP) is 2.99. The Kier molecular flexibility index (Phi) is 3.56. The molecule has 1 aliphatic rings. The van der Waals surface area contributed by atoms with Crippen molar-refractivity contribution < 1.29 is 0 Å². The van der Waals surface area contributed by atoms with Crippen LogP contribution in [0.5, 0.6) is 0 Å². The summed E-state index contributed by atoms with van der Waals surface area (Å²) in [7, 11) is 1.86. The van der Waals surface area contributed by atoms with Gasteiger partial charge in [0, 0.05) is 25.4 Å². The average Bonchev–Trinajstić information content (AvgIpc) is 3.05. The Hall–Kier alpha value is -2.06. The number of aromatic nitrogens is 3. The Morgan fingerprint density at radius 1 is 1.43 bits per heavy atom. The van der Waals surface area contributed by atoms with E-state index in [4.69, 9.17) is 16.9 Å². The van der Waals surface area contributed by atoms with E-state index in [0.29, 0.717) is 10.7 Å². The summed E-state index contributed by atoms with van der Waals surface area (Å²) in [4.78, 5) is 6.65. The standard InChI is InChI=1S/C15H16ClN5/c1-10-14(15(16)20(2)19-10)12-4-3-7-21(12)13-6-5-11(8-17)9-18-13/h5-6,9,12H,3-4,7H2,1-2H3. The van der Waals surface area contributed by atoms with Crippen LogP contribution in [0.1, 0.15) is 35.7 Å². The van der Waals surface area contributed by atoms with Gasteiger partial charge in [-0.3, -0.25) is 4.68 Å². The minimum absolute atomic E-state index is 0.201. The number of anilines is 1. The Morgan fingerprint density at radius 3 is 2.81 bits per heavy atom. The molecule has 0 amide bonds. The molecule has 1 saturated heterocycles. The summed E-state index contributed by atoms with van der Waals surface area (Å²) in [5.74, 6) is 0.885. The van der Waals surface area contributed by atoms with Crippen LogP contribution in [0.15, 0.2) is 18.3 Å². The predicted molar refractivity (Wildman–Crippen MR) is 81.2 cm³/mol. The molecule has 0 bridgehead atoms. The molecule has 2 aromatic rings. The van der Waals surface area contributed by atoms with Gasteiger partial charge in [-0.05, 0) is 31.9 Å². The highest BCUT2D eigenvalue weighted by molar-refractivity contribution is 6.30. The van der Waals surface area contributed by atoms with Crippen molar-refractivity contribution >= 4 is 17.4 Å². The largest absolute Gasteiger partial charge is 0.349 e. The quantitative estimate of drug-likeness (QED) is 0.855. The molecular weight excluding hydrogens is 286 g/mol. The van der Waals surface area contributed by atoms with Crippen molar-refractivity contribution in [3.8, 4) is 6.07 Å². The van der Waals surface area contributed by atoms with Crippen molar-refractivity contribution in [2.45, 2.75) is 25.8 Å². The third kappa shape index (κ3) is 2.36. The van der Waals surface area contributed by atoms with Gasteiger partial charge in [0.2, 0.25) is 0 Å². The Morgan fingerprint density at radius 2 is 2.24 bits per heavy atom. The third-order valence-electron chi connectivity index (χ3n) is 3.95. The molecule has 0 aromatic carbocycles. The molecular formula is C15H16ClN5. The second-order valence-electron chi connectivity index (χ2n) is 5.28. The number of nitrogens with zero attached hydrogens (tertiary/aromatic N) is 5. The molecule has 5 nitrogen and oxygen atoms in total. The molecule has 108 valence electrons. The fraction of sp³-hybridized carbons (Fsp3) is 0.400. The number of hydrogen-bond donors (Lipinski definition) is 0. The lowest BCUT2D eigenvalue weighted by Crippen LogP contribution is -2.24. The first-order valence-electron chi connectivity index (χ1n) is 6.93. The van der Waals surface area contributed by atoms with Gasteiger partial charge in [0.1, 0.15) is 17.0 Å². The number of halogens is 1. The number of rotatable bonds is 2. The minimum Gasteiger partial charge on any atom is -0.349 e. The van der Waals surface area contributed by atoms with Crippen LogP contribution in [0, 0.1) is 18.3 Å². The monoisotopic (exact) mass is 301 g/mol. The highest BCUT2D eigenvalue weighted by Crippen LogP contribution is 2.39. The maximum absolute atomic E-state index is 8.87. The number of aryl methyl sites for hydroxylation is 2. The molecule has 2 aromatic heterocycles. The van der Waals surface area contributed by atoms with Crippen molar-refractivity contribution in [1.29, 1.82) is 5.26 Å². The molecule has 0 N–H and O–H groups in total. The normalized spacial score (nSPS) is 18.0. The van der Waals surface area contributed by atoms with E-state index >= 15 is 0 Å². The van der Waals surface area contributed by atoms with Gasteiger partial charge in [0.15, 0.2) is 0 Å². The molecule has 1 atom stereocenters. The van der Waals surface area contributed by atoms with Crippen LogP contribution in [0.4, 0.5) is 5.82 Å². The molecule has 3 heterocycles. The van der Waals surface area contributed by atoms with Crippen LogP contribution in [0.3, 0.4) is 0 Å². The molecule has 0 saturated carbocycles. The molecule has 1 fully saturated rings. The topological polar surface area (TPSA) is 57.7 Å². The van der Waals surface area contributed by atoms with E-state index in [1.807, 2.05) is 20.0 Å². The van der Waals surface area contributed by atoms with Gasteiger partial charge in [-0.25, -0.2) is 4.98 Å². The van der Waals surface area contributed by atoms with Gasteiger partial charge in [-0.2, -0.15) is 10.4 Å². The molecule has 1 unspecified atom stereocenters. The number of pyridine rings is 1. The van der Waals surface area contributed by atoms with Gasteiger partial charge in [-0.1, -0.05) is 11.6 Å². The van der Waals surface area contributed by atoms with Crippen LogP contribution in [0.25, 0.3) is 0 Å². The zero-order valence-corrected chi connectivity index (χ0v) is 12.8. The van der Waals surface area contributed by atoms with Crippen LogP contribution in [-0.4, -0.2) is 21.3 Å². The summed E-state index contributed by atoms with van der Waals surface area (Å²) in [5, 5.41) is 14.0. The van der Waals surface area contributed by atoms with Crippen molar-refractivity contribution in [3.05, 3.63) is 40.3 Å². The molecule has 0 aliphatic carbocycles. The summed E-state index contributed by atoms with van der Waals surface area (Å²) >= 11 is 6.40. The van der Waals surface area contributed by atoms with Crippen LogP contribution in [-0.2, 0) is 7.05 Å². The van der Waals surface area contributed by atoms with Gasteiger partial charge in [0.05, 0.1) is 17.3 Å². The molecule has 21 heavy (non-hydrogen) atoms.